The Hall–Kier alpha value is -2.63. The van der Waals surface area contributed by atoms with Crippen LogP contribution in [0.15, 0.2) is 43.0 Å². The summed E-state index contributed by atoms with van der Waals surface area (Å²) in [4.78, 5) is 26.7. The second kappa shape index (κ2) is 6.47. The van der Waals surface area contributed by atoms with Crippen molar-refractivity contribution < 1.29 is 4.79 Å². The van der Waals surface area contributed by atoms with Crippen molar-refractivity contribution in [2.45, 2.75) is 38.3 Å². The van der Waals surface area contributed by atoms with E-state index in [2.05, 4.69) is 19.5 Å². The molecule has 6 nitrogen and oxygen atoms in total. The maximum absolute atomic E-state index is 13.0. The summed E-state index contributed by atoms with van der Waals surface area (Å²) in [6.07, 6.45) is 9.83. The van der Waals surface area contributed by atoms with Crippen LogP contribution in [-0.4, -0.2) is 42.9 Å². The monoisotopic (exact) mass is 323 g/mol. The van der Waals surface area contributed by atoms with Gasteiger partial charge in [-0.3, -0.25) is 4.79 Å². The zero-order valence-electron chi connectivity index (χ0n) is 13.6. The molecular formula is C18H21N5O. The van der Waals surface area contributed by atoms with Crippen molar-refractivity contribution in [2.24, 2.45) is 0 Å². The summed E-state index contributed by atoms with van der Waals surface area (Å²) < 4.78 is 2.07. The number of rotatable bonds is 4. The Morgan fingerprint density at radius 3 is 3.04 bits per heavy atom. The molecule has 3 aromatic rings. The number of piperidine rings is 1. The molecule has 3 heterocycles. The standard InChI is InChI=1S/C18H21N5O/c24-18(17-20-15-6-1-2-7-16(15)21-17)23-10-4-3-5-14(23)8-11-22-12-9-19-13-22/h1-2,6-7,9,12-14H,3-5,8,10-11H2,(H,20,21). The Kier molecular flexibility index (Phi) is 4.02. The molecule has 1 atom stereocenters. The topological polar surface area (TPSA) is 66.8 Å². The number of aromatic nitrogens is 4. The van der Waals surface area contributed by atoms with E-state index in [-0.39, 0.29) is 11.9 Å². The number of nitrogens with zero attached hydrogens (tertiary/aromatic N) is 4. The summed E-state index contributed by atoms with van der Waals surface area (Å²) in [5.41, 5.74) is 1.75. The highest BCUT2D eigenvalue weighted by Crippen LogP contribution is 2.23. The summed E-state index contributed by atoms with van der Waals surface area (Å²) in [5, 5.41) is 0. The van der Waals surface area contributed by atoms with Crippen molar-refractivity contribution in [1.82, 2.24) is 24.4 Å². The van der Waals surface area contributed by atoms with E-state index >= 15 is 0 Å². The average Bonchev–Trinajstić information content (AvgIpc) is 3.29. The zero-order chi connectivity index (χ0) is 16.4. The van der Waals surface area contributed by atoms with Crippen LogP contribution in [0.4, 0.5) is 0 Å². The third-order valence-electron chi connectivity index (χ3n) is 4.76. The fourth-order valence-corrected chi connectivity index (χ4v) is 3.48. The number of nitrogens with one attached hydrogen (secondary N) is 1. The number of amides is 1. The lowest BCUT2D eigenvalue weighted by atomic mass is 9.99. The van der Waals surface area contributed by atoms with Gasteiger partial charge in [-0.05, 0) is 37.8 Å². The predicted octanol–water partition coefficient (Wildman–Crippen LogP) is 2.84. The number of fused-ring (bicyclic) bond motifs is 1. The molecule has 1 fully saturated rings. The van der Waals surface area contributed by atoms with Gasteiger partial charge < -0.3 is 14.5 Å². The lowest BCUT2D eigenvalue weighted by molar-refractivity contribution is 0.0584. The molecular weight excluding hydrogens is 302 g/mol. The van der Waals surface area contributed by atoms with Gasteiger partial charge in [-0.15, -0.1) is 0 Å². The number of carbonyl (C=O) groups excluding carboxylic acids is 1. The minimum atomic E-state index is 0.0153. The first kappa shape index (κ1) is 14.9. The number of benzene rings is 1. The molecule has 0 spiro atoms. The van der Waals surface area contributed by atoms with Gasteiger partial charge >= 0.3 is 0 Å². The van der Waals surface area contributed by atoms with Crippen LogP contribution in [0.3, 0.4) is 0 Å². The van der Waals surface area contributed by atoms with Crippen LogP contribution in [0, 0.1) is 0 Å². The molecule has 0 saturated carbocycles. The van der Waals surface area contributed by atoms with Gasteiger partial charge in [-0.2, -0.15) is 0 Å². The summed E-state index contributed by atoms with van der Waals surface area (Å²) >= 11 is 0. The maximum Gasteiger partial charge on any atom is 0.289 e. The van der Waals surface area contributed by atoms with Crippen LogP contribution < -0.4 is 0 Å². The highest BCUT2D eigenvalue weighted by Gasteiger charge is 2.28. The third kappa shape index (κ3) is 2.91. The van der Waals surface area contributed by atoms with Gasteiger partial charge in [0, 0.05) is 31.5 Å². The fraction of sp³-hybridized carbons (Fsp3) is 0.389. The van der Waals surface area contributed by atoms with E-state index in [1.807, 2.05) is 41.7 Å². The smallest absolute Gasteiger partial charge is 0.289 e. The van der Waals surface area contributed by atoms with Crippen molar-refractivity contribution in [3.05, 3.63) is 48.8 Å². The van der Waals surface area contributed by atoms with Crippen LogP contribution in [0.1, 0.15) is 36.3 Å². The molecule has 1 saturated heterocycles. The first-order valence-electron chi connectivity index (χ1n) is 8.53. The van der Waals surface area contributed by atoms with Crippen LogP contribution in [0.5, 0.6) is 0 Å². The molecule has 6 heteroatoms. The number of H-pyrrole nitrogens is 1. The number of imidazole rings is 2. The number of hydrogen-bond acceptors (Lipinski definition) is 3. The SMILES string of the molecule is O=C(c1nc2ccccc2[nH]1)N1CCCCC1CCn1ccnc1. The van der Waals surface area contributed by atoms with E-state index in [1.54, 1.807) is 6.20 Å². The Labute approximate surface area is 140 Å². The van der Waals surface area contributed by atoms with Gasteiger partial charge in [-0.25, -0.2) is 9.97 Å². The maximum atomic E-state index is 13.0. The first-order valence-corrected chi connectivity index (χ1v) is 8.53. The first-order chi connectivity index (χ1) is 11.8. The van der Waals surface area contributed by atoms with Gasteiger partial charge in [0.25, 0.3) is 5.91 Å². The second-order valence-electron chi connectivity index (χ2n) is 6.34. The Morgan fingerprint density at radius 2 is 2.21 bits per heavy atom. The van der Waals surface area contributed by atoms with E-state index in [9.17, 15) is 4.79 Å². The van der Waals surface area contributed by atoms with Gasteiger partial charge in [-0.1, -0.05) is 12.1 Å². The minimum absolute atomic E-state index is 0.0153. The normalized spacial score (nSPS) is 18.2. The molecule has 124 valence electrons. The molecule has 1 N–H and O–H groups in total. The van der Waals surface area contributed by atoms with Gasteiger partial charge in [0.05, 0.1) is 17.4 Å². The van der Waals surface area contributed by atoms with Crippen molar-refractivity contribution in [1.29, 1.82) is 0 Å². The van der Waals surface area contributed by atoms with Gasteiger partial charge in [0.15, 0.2) is 5.82 Å². The molecule has 2 aromatic heterocycles. The van der Waals surface area contributed by atoms with E-state index in [4.69, 9.17) is 0 Å². The number of hydrogen-bond donors (Lipinski definition) is 1. The molecule has 4 rings (SSSR count). The quantitative estimate of drug-likeness (QED) is 0.803. The molecule has 1 unspecified atom stereocenters. The minimum Gasteiger partial charge on any atom is -0.337 e. The lowest BCUT2D eigenvalue weighted by Crippen LogP contribution is -2.44. The van der Waals surface area contributed by atoms with E-state index in [0.29, 0.717) is 5.82 Å². The second-order valence-corrected chi connectivity index (χ2v) is 6.34. The van der Waals surface area contributed by atoms with Gasteiger partial charge in [0.2, 0.25) is 0 Å². The number of carbonyl (C=O) groups is 1. The van der Waals surface area contributed by atoms with Gasteiger partial charge in [0.1, 0.15) is 0 Å². The van der Waals surface area contributed by atoms with Crippen LogP contribution in [0.2, 0.25) is 0 Å². The molecule has 0 aliphatic carbocycles. The third-order valence-corrected chi connectivity index (χ3v) is 4.76. The lowest BCUT2D eigenvalue weighted by Gasteiger charge is -2.35. The number of aromatic amines is 1. The van der Waals surface area contributed by atoms with Crippen molar-refractivity contribution in [3.63, 3.8) is 0 Å². The predicted molar refractivity (Wildman–Crippen MR) is 91.6 cm³/mol. The average molecular weight is 323 g/mol. The molecule has 1 aliphatic rings. The molecule has 1 aromatic carbocycles. The molecule has 1 aliphatic heterocycles. The highest BCUT2D eigenvalue weighted by molar-refractivity contribution is 5.94. The molecule has 0 bridgehead atoms. The largest absolute Gasteiger partial charge is 0.337 e. The Balaban J connectivity index is 1.51. The summed E-state index contributed by atoms with van der Waals surface area (Å²) in [6.45, 7) is 1.69. The van der Waals surface area contributed by atoms with E-state index in [1.165, 1.54) is 6.42 Å². The molecule has 24 heavy (non-hydrogen) atoms. The Morgan fingerprint density at radius 1 is 1.29 bits per heavy atom. The van der Waals surface area contributed by atoms with Crippen molar-refractivity contribution in [3.8, 4) is 0 Å². The highest BCUT2D eigenvalue weighted by atomic mass is 16.2. The summed E-state index contributed by atoms with van der Waals surface area (Å²) in [5.74, 6) is 0.465. The van der Waals surface area contributed by atoms with Crippen LogP contribution >= 0.6 is 0 Å². The van der Waals surface area contributed by atoms with Crippen LogP contribution in [-0.2, 0) is 6.54 Å². The fourth-order valence-electron chi connectivity index (χ4n) is 3.48. The zero-order valence-corrected chi connectivity index (χ0v) is 13.6. The summed E-state index contributed by atoms with van der Waals surface area (Å²) in [6, 6.07) is 8.03. The number of likely N-dealkylation sites (tertiary alicyclic amines) is 1. The van der Waals surface area contributed by atoms with Crippen molar-refractivity contribution >= 4 is 16.9 Å². The number of para-hydroxylation sites is 2. The van der Waals surface area contributed by atoms with E-state index in [0.717, 1.165) is 43.4 Å². The Bertz CT molecular complexity index is 790. The van der Waals surface area contributed by atoms with Crippen molar-refractivity contribution in [2.75, 3.05) is 6.54 Å². The summed E-state index contributed by atoms with van der Waals surface area (Å²) in [7, 11) is 0. The molecule has 0 radical (unpaired) electrons. The van der Waals surface area contributed by atoms with E-state index < -0.39 is 0 Å². The van der Waals surface area contributed by atoms with Crippen LogP contribution in [0.25, 0.3) is 11.0 Å². The number of aryl methyl sites for hydroxylation is 1. The molecule has 1 amide bonds.